The first-order valence-corrected chi connectivity index (χ1v) is 13.2. The number of carbonyl (C=O) groups is 1. The third-order valence-electron chi connectivity index (χ3n) is 6.76. The molecule has 0 N–H and O–H groups in total. The summed E-state index contributed by atoms with van der Waals surface area (Å²) in [5, 5.41) is 0. The minimum Gasteiger partial charge on any atom is -0.497 e. The molecule has 2 aliphatic heterocycles. The lowest BCUT2D eigenvalue weighted by molar-refractivity contribution is -0.137. The molecule has 4 rings (SSSR count). The standard InChI is InChI=1S/C25H33N3O6S/c1-32-21-8-6-20(7-9-21)26-13-15-27(16-14-26)25(29)19-5-4-12-28(18-19)35(30,31)22-10-11-23(33-2)24(17-22)34-3/h6-11,17,19H,4-5,12-16,18H2,1-3H3/t19-/m0/s1. The van der Waals surface area contributed by atoms with Crippen LogP contribution in [0.1, 0.15) is 12.8 Å². The molecule has 2 aliphatic rings. The predicted octanol–water partition coefficient (Wildman–Crippen LogP) is 2.46. The van der Waals surface area contributed by atoms with Crippen LogP contribution in [-0.4, -0.2) is 84.1 Å². The molecule has 2 aromatic rings. The van der Waals surface area contributed by atoms with Crippen LogP contribution in [0.15, 0.2) is 47.4 Å². The van der Waals surface area contributed by atoms with Crippen LogP contribution in [0.2, 0.25) is 0 Å². The van der Waals surface area contributed by atoms with Crippen molar-refractivity contribution in [3.8, 4) is 17.2 Å². The van der Waals surface area contributed by atoms with Gasteiger partial charge in [-0.1, -0.05) is 0 Å². The summed E-state index contributed by atoms with van der Waals surface area (Å²) in [6, 6.07) is 12.5. The van der Waals surface area contributed by atoms with E-state index in [4.69, 9.17) is 14.2 Å². The van der Waals surface area contributed by atoms with E-state index in [-0.39, 0.29) is 23.3 Å². The van der Waals surface area contributed by atoms with E-state index < -0.39 is 10.0 Å². The van der Waals surface area contributed by atoms with Gasteiger partial charge in [-0.2, -0.15) is 4.31 Å². The van der Waals surface area contributed by atoms with Crippen molar-refractivity contribution in [2.45, 2.75) is 17.7 Å². The first-order valence-electron chi connectivity index (χ1n) is 11.8. The van der Waals surface area contributed by atoms with Gasteiger partial charge in [0.25, 0.3) is 0 Å². The summed E-state index contributed by atoms with van der Waals surface area (Å²) in [5.41, 5.74) is 1.10. The van der Waals surface area contributed by atoms with Gasteiger partial charge in [0, 0.05) is 51.0 Å². The van der Waals surface area contributed by atoms with Crippen LogP contribution < -0.4 is 19.1 Å². The van der Waals surface area contributed by atoms with E-state index in [2.05, 4.69) is 4.90 Å². The number of hydrogen-bond acceptors (Lipinski definition) is 7. The van der Waals surface area contributed by atoms with Crippen molar-refractivity contribution in [2.24, 2.45) is 5.92 Å². The smallest absolute Gasteiger partial charge is 0.243 e. The number of sulfonamides is 1. The average molecular weight is 504 g/mol. The van der Waals surface area contributed by atoms with Crippen LogP contribution >= 0.6 is 0 Å². The van der Waals surface area contributed by atoms with Crippen LogP contribution in [0.5, 0.6) is 17.2 Å². The van der Waals surface area contributed by atoms with Crippen molar-refractivity contribution in [1.29, 1.82) is 0 Å². The third kappa shape index (κ3) is 5.33. The number of rotatable bonds is 7. The maximum Gasteiger partial charge on any atom is 0.243 e. The van der Waals surface area contributed by atoms with Crippen molar-refractivity contribution >= 4 is 21.6 Å². The van der Waals surface area contributed by atoms with Crippen LogP contribution in [0.25, 0.3) is 0 Å². The number of amides is 1. The van der Waals surface area contributed by atoms with Gasteiger partial charge in [-0.3, -0.25) is 4.79 Å². The fourth-order valence-electron chi connectivity index (χ4n) is 4.72. The Morgan fingerprint density at radius 2 is 1.54 bits per heavy atom. The molecule has 10 heteroatoms. The summed E-state index contributed by atoms with van der Waals surface area (Å²) >= 11 is 0. The number of carbonyl (C=O) groups excluding carboxylic acids is 1. The topological polar surface area (TPSA) is 88.6 Å². The Hall–Kier alpha value is -2.98. The monoisotopic (exact) mass is 503 g/mol. The lowest BCUT2D eigenvalue weighted by atomic mass is 9.97. The van der Waals surface area contributed by atoms with E-state index in [9.17, 15) is 13.2 Å². The Bertz CT molecular complexity index is 1130. The summed E-state index contributed by atoms with van der Waals surface area (Å²) in [7, 11) is 0.859. The molecule has 1 amide bonds. The van der Waals surface area contributed by atoms with Crippen LogP contribution in [0.3, 0.4) is 0 Å². The highest BCUT2D eigenvalue weighted by Gasteiger charge is 2.36. The number of anilines is 1. The van der Waals surface area contributed by atoms with E-state index in [1.54, 1.807) is 13.2 Å². The lowest BCUT2D eigenvalue weighted by Crippen LogP contribution is -2.53. The summed E-state index contributed by atoms with van der Waals surface area (Å²) < 4.78 is 43.8. The maximum atomic E-state index is 13.3. The molecule has 2 saturated heterocycles. The van der Waals surface area contributed by atoms with E-state index in [0.717, 1.165) is 24.5 Å². The minimum atomic E-state index is -3.76. The van der Waals surface area contributed by atoms with Gasteiger partial charge in [-0.25, -0.2) is 8.42 Å². The molecule has 0 aromatic heterocycles. The zero-order valence-electron chi connectivity index (χ0n) is 20.5. The summed E-state index contributed by atoms with van der Waals surface area (Å²) in [4.78, 5) is 17.6. The van der Waals surface area contributed by atoms with E-state index in [1.165, 1.54) is 30.7 Å². The van der Waals surface area contributed by atoms with Crippen molar-refractivity contribution in [3.05, 3.63) is 42.5 Å². The molecule has 0 aliphatic carbocycles. The van der Waals surface area contributed by atoms with Crippen LogP contribution in [0.4, 0.5) is 5.69 Å². The van der Waals surface area contributed by atoms with Crippen molar-refractivity contribution < 1.29 is 27.4 Å². The number of ether oxygens (including phenoxy) is 3. The fraction of sp³-hybridized carbons (Fsp3) is 0.480. The highest BCUT2D eigenvalue weighted by atomic mass is 32.2. The summed E-state index contributed by atoms with van der Waals surface area (Å²) in [5.74, 6) is 1.32. The van der Waals surface area contributed by atoms with Crippen LogP contribution in [-0.2, 0) is 14.8 Å². The molecule has 0 bridgehead atoms. The number of piperazine rings is 1. The molecule has 9 nitrogen and oxygen atoms in total. The van der Waals surface area contributed by atoms with Gasteiger partial charge in [0.1, 0.15) is 5.75 Å². The molecule has 0 radical (unpaired) electrons. The summed E-state index contributed by atoms with van der Waals surface area (Å²) in [6.45, 7) is 3.28. The fourth-order valence-corrected chi connectivity index (χ4v) is 6.26. The lowest BCUT2D eigenvalue weighted by Gasteiger charge is -2.39. The highest BCUT2D eigenvalue weighted by molar-refractivity contribution is 7.89. The van der Waals surface area contributed by atoms with Gasteiger partial charge in [0.2, 0.25) is 15.9 Å². The normalized spacial score (nSPS) is 19.3. The molecule has 190 valence electrons. The van der Waals surface area contributed by atoms with Crippen molar-refractivity contribution in [1.82, 2.24) is 9.21 Å². The molecule has 0 saturated carbocycles. The van der Waals surface area contributed by atoms with Gasteiger partial charge in [-0.05, 0) is 49.2 Å². The van der Waals surface area contributed by atoms with Crippen molar-refractivity contribution in [3.63, 3.8) is 0 Å². The molecule has 0 spiro atoms. The van der Waals surface area contributed by atoms with Gasteiger partial charge < -0.3 is 24.0 Å². The first kappa shape index (κ1) is 25.1. The second kappa shape index (κ2) is 10.7. The molecular formula is C25H33N3O6S. The predicted molar refractivity (Wildman–Crippen MR) is 133 cm³/mol. The SMILES string of the molecule is COc1ccc(N2CCN(C(=O)[C@H]3CCCN(S(=O)(=O)c4ccc(OC)c(OC)c4)C3)CC2)cc1. The maximum absolute atomic E-state index is 13.3. The number of nitrogens with zero attached hydrogens (tertiary/aromatic N) is 3. The second-order valence-corrected chi connectivity index (χ2v) is 10.7. The summed E-state index contributed by atoms with van der Waals surface area (Å²) in [6.07, 6.45) is 1.34. The zero-order chi connectivity index (χ0) is 25.0. The molecule has 0 unspecified atom stereocenters. The third-order valence-corrected chi connectivity index (χ3v) is 8.62. The van der Waals surface area contributed by atoms with Gasteiger partial charge in [0.15, 0.2) is 11.5 Å². The Labute approximate surface area is 207 Å². The Kier molecular flexibility index (Phi) is 7.71. The number of hydrogen-bond donors (Lipinski definition) is 0. The van der Waals surface area contributed by atoms with E-state index in [0.29, 0.717) is 44.0 Å². The quantitative estimate of drug-likeness (QED) is 0.574. The Balaban J connectivity index is 1.39. The molecule has 35 heavy (non-hydrogen) atoms. The average Bonchev–Trinajstić information content (AvgIpc) is 2.92. The molecule has 2 heterocycles. The van der Waals surface area contributed by atoms with Crippen LogP contribution in [0, 0.1) is 5.92 Å². The zero-order valence-corrected chi connectivity index (χ0v) is 21.3. The van der Waals surface area contributed by atoms with Crippen molar-refractivity contribution in [2.75, 3.05) is 65.5 Å². The van der Waals surface area contributed by atoms with Gasteiger partial charge in [0.05, 0.1) is 32.1 Å². The first-order chi connectivity index (χ1) is 16.9. The van der Waals surface area contributed by atoms with Gasteiger partial charge >= 0.3 is 0 Å². The van der Waals surface area contributed by atoms with E-state index in [1.807, 2.05) is 29.2 Å². The molecule has 2 aromatic carbocycles. The van der Waals surface area contributed by atoms with E-state index >= 15 is 0 Å². The second-order valence-electron chi connectivity index (χ2n) is 8.73. The largest absolute Gasteiger partial charge is 0.497 e. The van der Waals surface area contributed by atoms with Gasteiger partial charge in [-0.15, -0.1) is 0 Å². The number of piperidine rings is 1. The molecular weight excluding hydrogens is 470 g/mol. The Morgan fingerprint density at radius 3 is 2.17 bits per heavy atom. The molecule has 1 atom stereocenters. The highest BCUT2D eigenvalue weighted by Crippen LogP contribution is 2.32. The number of benzene rings is 2. The number of methoxy groups -OCH3 is 3. The molecule has 2 fully saturated rings. The minimum absolute atomic E-state index is 0.0339. The Morgan fingerprint density at radius 1 is 0.857 bits per heavy atom.